The number of benzene rings is 1. The number of nitrogens with zero attached hydrogens (tertiary/aromatic N) is 1. The quantitative estimate of drug-likeness (QED) is 0.450. The molecule has 28 heavy (non-hydrogen) atoms. The van der Waals surface area contributed by atoms with E-state index in [0.29, 0.717) is 12.5 Å². The summed E-state index contributed by atoms with van der Waals surface area (Å²) in [5.41, 5.74) is 2.54. The van der Waals surface area contributed by atoms with Crippen LogP contribution >= 0.6 is 11.3 Å². The topological polar surface area (TPSA) is 96.6 Å². The first kappa shape index (κ1) is 22.4. The van der Waals surface area contributed by atoms with Crippen molar-refractivity contribution in [3.8, 4) is 0 Å². The van der Waals surface area contributed by atoms with Crippen LogP contribution in [0.15, 0.2) is 45.6 Å². The molecule has 0 unspecified atom stereocenters. The summed E-state index contributed by atoms with van der Waals surface area (Å²) in [5, 5.41) is 11.8. The molecular formula is C20H30N4O2S2. The van der Waals surface area contributed by atoms with E-state index >= 15 is 0 Å². The highest BCUT2D eigenvalue weighted by molar-refractivity contribution is 7.91. The molecule has 0 amide bonds. The van der Waals surface area contributed by atoms with Gasteiger partial charge in [-0.2, -0.15) is 0 Å². The normalized spacial score (nSPS) is 12.8. The van der Waals surface area contributed by atoms with Gasteiger partial charge >= 0.3 is 0 Å². The molecule has 0 aliphatic rings. The highest BCUT2D eigenvalue weighted by Crippen LogP contribution is 2.23. The molecule has 0 saturated carbocycles. The second kappa shape index (κ2) is 9.54. The zero-order chi connectivity index (χ0) is 20.8. The lowest BCUT2D eigenvalue weighted by atomic mass is 9.84. The molecule has 2 rings (SSSR count). The van der Waals surface area contributed by atoms with Crippen molar-refractivity contribution in [1.82, 2.24) is 10.6 Å². The van der Waals surface area contributed by atoms with E-state index in [1.807, 2.05) is 6.92 Å². The molecule has 0 aliphatic heterocycles. The van der Waals surface area contributed by atoms with Gasteiger partial charge in [-0.3, -0.25) is 0 Å². The summed E-state index contributed by atoms with van der Waals surface area (Å²) in [6, 6.07) is 12.0. The molecule has 0 fully saturated rings. The lowest BCUT2D eigenvalue weighted by molar-refractivity contribution is 0.508. The molecule has 8 heteroatoms. The van der Waals surface area contributed by atoms with Crippen LogP contribution in [0.25, 0.3) is 0 Å². The van der Waals surface area contributed by atoms with Crippen molar-refractivity contribution >= 4 is 27.3 Å². The lowest BCUT2D eigenvalue weighted by Gasteiger charge is -2.27. The predicted octanol–water partition coefficient (Wildman–Crippen LogP) is 2.99. The van der Waals surface area contributed by atoms with Crippen LogP contribution in [0.5, 0.6) is 0 Å². The Hall–Kier alpha value is -1.90. The Morgan fingerprint density at radius 1 is 1.11 bits per heavy atom. The molecule has 6 nitrogen and oxygen atoms in total. The van der Waals surface area contributed by atoms with E-state index in [-0.39, 0.29) is 9.62 Å². The molecule has 1 aromatic heterocycles. The Morgan fingerprint density at radius 3 is 2.32 bits per heavy atom. The number of hydrogen-bond donors (Lipinski definition) is 3. The second-order valence-corrected chi connectivity index (χ2v) is 10.2. The number of aryl methyl sites for hydroxylation is 1. The second-order valence-electron chi connectivity index (χ2n) is 7.25. The summed E-state index contributed by atoms with van der Waals surface area (Å²) in [6.45, 7) is 10.4. The van der Waals surface area contributed by atoms with Crippen LogP contribution in [0.2, 0.25) is 0 Å². The largest absolute Gasteiger partial charge is 0.357 e. The van der Waals surface area contributed by atoms with Crippen molar-refractivity contribution in [2.24, 2.45) is 10.1 Å². The first-order valence-corrected chi connectivity index (χ1v) is 11.7. The van der Waals surface area contributed by atoms with Gasteiger partial charge < -0.3 is 10.6 Å². The van der Waals surface area contributed by atoms with Gasteiger partial charge in [0.1, 0.15) is 4.21 Å². The fourth-order valence-corrected chi connectivity index (χ4v) is 4.40. The molecular weight excluding hydrogens is 392 g/mol. The zero-order valence-electron chi connectivity index (χ0n) is 17.0. The summed E-state index contributed by atoms with van der Waals surface area (Å²) >= 11 is 1.15. The molecule has 154 valence electrons. The monoisotopic (exact) mass is 422 g/mol. The third kappa shape index (κ3) is 6.32. The van der Waals surface area contributed by atoms with Gasteiger partial charge in [0.15, 0.2) is 5.96 Å². The van der Waals surface area contributed by atoms with Gasteiger partial charge in [0, 0.05) is 23.4 Å². The van der Waals surface area contributed by atoms with Gasteiger partial charge in [-0.1, -0.05) is 45.0 Å². The van der Waals surface area contributed by atoms with Crippen molar-refractivity contribution in [3.63, 3.8) is 0 Å². The molecule has 0 aliphatic carbocycles. The van der Waals surface area contributed by atoms with Crippen LogP contribution in [0.1, 0.15) is 43.7 Å². The minimum absolute atomic E-state index is 0.0633. The van der Waals surface area contributed by atoms with Crippen molar-refractivity contribution in [1.29, 1.82) is 0 Å². The third-order valence-corrected chi connectivity index (χ3v) is 7.00. The van der Waals surface area contributed by atoms with E-state index in [1.165, 1.54) is 17.2 Å². The molecule has 2 aromatic rings. The number of hydrogen-bond acceptors (Lipinski definition) is 4. The number of rotatable bonds is 8. The summed E-state index contributed by atoms with van der Waals surface area (Å²) in [5.74, 6) is 0.700. The molecule has 4 N–H and O–H groups in total. The molecule has 0 bridgehead atoms. The summed E-state index contributed by atoms with van der Waals surface area (Å²) in [7, 11) is -3.66. The maximum atomic E-state index is 11.4. The molecule has 0 spiro atoms. The maximum absolute atomic E-state index is 11.4. The lowest BCUT2D eigenvalue weighted by Crippen LogP contribution is -2.43. The third-order valence-electron chi connectivity index (χ3n) is 4.50. The van der Waals surface area contributed by atoms with Crippen LogP contribution in [-0.2, 0) is 28.4 Å². The highest BCUT2D eigenvalue weighted by Gasteiger charge is 2.21. The van der Waals surface area contributed by atoms with E-state index in [0.717, 1.165) is 35.7 Å². The summed E-state index contributed by atoms with van der Waals surface area (Å²) < 4.78 is 23.0. The molecule has 1 aromatic carbocycles. The molecule has 0 atom stereocenters. The highest BCUT2D eigenvalue weighted by atomic mass is 32.2. The van der Waals surface area contributed by atoms with Crippen LogP contribution in [0, 0.1) is 0 Å². The van der Waals surface area contributed by atoms with E-state index in [4.69, 9.17) is 5.14 Å². The van der Waals surface area contributed by atoms with Gasteiger partial charge in [0.05, 0.1) is 6.54 Å². The van der Waals surface area contributed by atoms with Crippen molar-refractivity contribution < 1.29 is 8.42 Å². The molecule has 1 heterocycles. The molecule has 0 saturated heterocycles. The first-order chi connectivity index (χ1) is 13.2. The van der Waals surface area contributed by atoms with Crippen LogP contribution in [-0.4, -0.2) is 27.5 Å². The first-order valence-electron chi connectivity index (χ1n) is 9.39. The van der Waals surface area contributed by atoms with Crippen molar-refractivity contribution in [2.75, 3.05) is 13.1 Å². The number of primary sulfonamides is 1. The number of thiophene rings is 1. The number of guanidine groups is 1. The summed E-state index contributed by atoms with van der Waals surface area (Å²) in [6.07, 6.45) is 1.03. The van der Waals surface area contributed by atoms with E-state index in [1.54, 1.807) is 6.07 Å². The Morgan fingerprint density at radius 2 is 1.79 bits per heavy atom. The van der Waals surface area contributed by atoms with E-state index in [2.05, 4.69) is 60.7 Å². The van der Waals surface area contributed by atoms with Crippen molar-refractivity contribution in [2.45, 2.75) is 50.3 Å². The Bertz CT molecular complexity index is 901. The average molecular weight is 423 g/mol. The van der Waals surface area contributed by atoms with Gasteiger partial charge in [-0.05, 0) is 36.6 Å². The number of nitrogens with two attached hydrogens (primary N) is 1. The van der Waals surface area contributed by atoms with Gasteiger partial charge in [0.2, 0.25) is 10.0 Å². The number of nitrogens with one attached hydrogen (secondary N) is 2. The van der Waals surface area contributed by atoms with Crippen LogP contribution in [0.4, 0.5) is 0 Å². The average Bonchev–Trinajstić information content (AvgIpc) is 3.13. The fourth-order valence-electron chi connectivity index (χ4n) is 2.69. The van der Waals surface area contributed by atoms with Gasteiger partial charge in [-0.15, -0.1) is 11.3 Å². The Labute approximate surface area is 172 Å². The van der Waals surface area contributed by atoms with E-state index < -0.39 is 10.0 Å². The smallest absolute Gasteiger partial charge is 0.247 e. The van der Waals surface area contributed by atoms with Gasteiger partial charge in [-0.25, -0.2) is 18.5 Å². The zero-order valence-corrected chi connectivity index (χ0v) is 18.6. The SMILES string of the molecule is CCNC(=NCc1ccc(S(N)(=O)=O)s1)NCC(C)(C)c1ccc(CC)cc1. The van der Waals surface area contributed by atoms with Crippen LogP contribution in [0.3, 0.4) is 0 Å². The minimum atomic E-state index is -3.66. The van der Waals surface area contributed by atoms with Gasteiger partial charge in [0.25, 0.3) is 0 Å². The standard InChI is InChI=1S/C20H30N4O2S2/c1-5-15-7-9-16(10-8-15)20(3,4)14-24-19(22-6-2)23-13-17-11-12-18(27-17)28(21,25)26/h7-12H,5-6,13-14H2,1-4H3,(H2,21,25,26)(H2,22,23,24). The predicted molar refractivity (Wildman–Crippen MR) is 117 cm³/mol. The van der Waals surface area contributed by atoms with Crippen LogP contribution < -0.4 is 15.8 Å². The minimum Gasteiger partial charge on any atom is -0.357 e. The van der Waals surface area contributed by atoms with E-state index in [9.17, 15) is 8.42 Å². The summed E-state index contributed by atoms with van der Waals surface area (Å²) in [4.78, 5) is 5.42. The fraction of sp³-hybridized carbons (Fsp3) is 0.450. The number of aliphatic imine (C=N–C) groups is 1. The maximum Gasteiger partial charge on any atom is 0.247 e. The number of sulfonamides is 1. The Balaban J connectivity index is 2.04. The molecule has 0 radical (unpaired) electrons. The Kier molecular flexibility index (Phi) is 7.63. The van der Waals surface area contributed by atoms with Crippen molar-refractivity contribution in [3.05, 3.63) is 52.4 Å².